The predicted octanol–water partition coefficient (Wildman–Crippen LogP) is 8.21. The highest BCUT2D eigenvalue weighted by Gasteiger charge is 2.37. The first-order chi connectivity index (χ1) is 14.9. The smallest absolute Gasteiger partial charge is 0.418 e. The Bertz CT molecular complexity index is 1110. The van der Waals surface area contributed by atoms with E-state index >= 15 is 0 Å². The zero-order chi connectivity index (χ0) is 21.8. The molecule has 0 nitrogen and oxygen atoms in total. The molecule has 0 fully saturated rings. The van der Waals surface area contributed by atoms with E-state index in [-0.39, 0.29) is 10.9 Å². The highest BCUT2D eigenvalue weighted by atomic mass is 32.2. The van der Waals surface area contributed by atoms with Gasteiger partial charge in [0.25, 0.3) is 0 Å². The molecular formula is C24H17BF4S2. The quantitative estimate of drug-likeness (QED) is 0.147. The maximum absolute atomic E-state index is 9.75. The van der Waals surface area contributed by atoms with Gasteiger partial charge in [-0.05, 0) is 59.7 Å². The molecule has 4 aromatic carbocycles. The fraction of sp³-hybridized carbons (Fsp3) is 0. The van der Waals surface area contributed by atoms with Crippen molar-refractivity contribution in [3.8, 4) is 11.1 Å². The van der Waals surface area contributed by atoms with E-state index in [1.807, 2.05) is 11.8 Å². The van der Waals surface area contributed by atoms with E-state index in [1.54, 1.807) is 0 Å². The number of fused-ring (bicyclic) bond motifs is 2. The minimum atomic E-state index is -6.00. The van der Waals surface area contributed by atoms with Gasteiger partial charge in [0.15, 0.2) is 14.7 Å². The third-order valence-corrected chi connectivity index (χ3v) is 8.30. The molecule has 0 spiro atoms. The molecule has 0 bridgehead atoms. The lowest BCUT2D eigenvalue weighted by Crippen LogP contribution is -2.10. The Morgan fingerprint density at radius 3 is 1.45 bits per heavy atom. The van der Waals surface area contributed by atoms with Crippen LogP contribution in [0.25, 0.3) is 11.1 Å². The van der Waals surface area contributed by atoms with Crippen LogP contribution >= 0.6 is 11.8 Å². The van der Waals surface area contributed by atoms with E-state index < -0.39 is 7.25 Å². The van der Waals surface area contributed by atoms with Crippen LogP contribution in [0.4, 0.5) is 17.3 Å². The zero-order valence-corrected chi connectivity index (χ0v) is 17.9. The van der Waals surface area contributed by atoms with E-state index in [1.165, 1.54) is 35.6 Å². The Labute approximate surface area is 185 Å². The second-order valence-corrected chi connectivity index (χ2v) is 9.73. The van der Waals surface area contributed by atoms with Gasteiger partial charge in [0.05, 0.1) is 9.79 Å². The van der Waals surface area contributed by atoms with Crippen molar-refractivity contribution in [3.05, 3.63) is 103 Å². The van der Waals surface area contributed by atoms with Gasteiger partial charge in [-0.25, -0.2) is 0 Å². The van der Waals surface area contributed by atoms with Gasteiger partial charge in [-0.3, -0.25) is 0 Å². The van der Waals surface area contributed by atoms with Crippen molar-refractivity contribution in [2.45, 2.75) is 24.5 Å². The molecule has 31 heavy (non-hydrogen) atoms. The summed E-state index contributed by atoms with van der Waals surface area (Å²) in [5.74, 6) is 0. The first-order valence-corrected chi connectivity index (χ1v) is 11.6. The molecule has 5 rings (SSSR count). The average Bonchev–Trinajstić information content (AvgIpc) is 2.77. The summed E-state index contributed by atoms with van der Waals surface area (Å²) >= 11 is 1.89. The summed E-state index contributed by atoms with van der Waals surface area (Å²) < 4.78 is 39.0. The number of rotatable bonds is 2. The Morgan fingerprint density at radius 2 is 0.935 bits per heavy atom. The van der Waals surface area contributed by atoms with Crippen LogP contribution in [0.5, 0.6) is 0 Å². The Hall–Kier alpha value is -2.64. The largest absolute Gasteiger partial charge is 0.673 e. The van der Waals surface area contributed by atoms with Crippen molar-refractivity contribution < 1.29 is 17.3 Å². The summed E-state index contributed by atoms with van der Waals surface area (Å²) in [5, 5.41) is 0. The van der Waals surface area contributed by atoms with Gasteiger partial charge in [0, 0.05) is 0 Å². The number of benzene rings is 4. The van der Waals surface area contributed by atoms with Gasteiger partial charge in [0.1, 0.15) is 10.9 Å². The first-order valence-electron chi connectivity index (χ1n) is 9.53. The molecule has 1 aliphatic rings. The molecule has 156 valence electrons. The Kier molecular flexibility index (Phi) is 6.44. The topological polar surface area (TPSA) is 0 Å². The summed E-state index contributed by atoms with van der Waals surface area (Å²) in [6.07, 6.45) is 0. The van der Waals surface area contributed by atoms with E-state index in [2.05, 4.69) is 103 Å². The minimum absolute atomic E-state index is 0.0434. The lowest BCUT2D eigenvalue weighted by Gasteiger charge is -2.18. The van der Waals surface area contributed by atoms with Crippen molar-refractivity contribution in [1.29, 1.82) is 0 Å². The molecule has 0 unspecified atom stereocenters. The molecule has 0 amide bonds. The van der Waals surface area contributed by atoms with Gasteiger partial charge in [-0.15, -0.1) is 0 Å². The highest BCUT2D eigenvalue weighted by molar-refractivity contribution is 8.04. The van der Waals surface area contributed by atoms with Gasteiger partial charge in [-0.1, -0.05) is 66.4 Å². The summed E-state index contributed by atoms with van der Waals surface area (Å²) in [4.78, 5) is 7.00. The number of halogens is 4. The van der Waals surface area contributed by atoms with Crippen LogP contribution < -0.4 is 0 Å². The maximum Gasteiger partial charge on any atom is 0.673 e. The van der Waals surface area contributed by atoms with Crippen LogP contribution in [-0.4, -0.2) is 7.25 Å². The number of hydrogen-bond donors (Lipinski definition) is 0. The van der Waals surface area contributed by atoms with Gasteiger partial charge < -0.3 is 17.3 Å². The van der Waals surface area contributed by atoms with Crippen molar-refractivity contribution in [1.82, 2.24) is 0 Å². The lowest BCUT2D eigenvalue weighted by atomic mass is 10.1. The van der Waals surface area contributed by atoms with Crippen LogP contribution in [-0.2, 0) is 10.9 Å². The molecule has 0 aromatic heterocycles. The Morgan fingerprint density at radius 1 is 0.516 bits per heavy atom. The molecule has 0 radical (unpaired) electrons. The van der Waals surface area contributed by atoms with Crippen LogP contribution in [0.2, 0.25) is 0 Å². The van der Waals surface area contributed by atoms with Gasteiger partial charge >= 0.3 is 7.25 Å². The number of hydrogen-bond acceptors (Lipinski definition) is 1. The van der Waals surface area contributed by atoms with E-state index in [0.717, 1.165) is 0 Å². The summed E-state index contributed by atoms with van der Waals surface area (Å²) in [6.45, 7) is 0. The van der Waals surface area contributed by atoms with E-state index in [0.29, 0.717) is 0 Å². The average molecular weight is 456 g/mol. The fourth-order valence-electron chi connectivity index (χ4n) is 3.31. The van der Waals surface area contributed by atoms with Gasteiger partial charge in [0.2, 0.25) is 0 Å². The molecule has 0 aliphatic carbocycles. The molecule has 1 heterocycles. The molecule has 0 saturated heterocycles. The van der Waals surface area contributed by atoms with E-state index in [9.17, 15) is 17.3 Å². The standard InChI is InChI=1S/C24H17S2.BF4/c1-2-8-18(9-3-1)19-14-16-20(17-15-19)26-23-12-6-4-10-21(23)25-22-11-5-7-13-24(22)26;2-1(3,4)5/h1-17H;/q+1;-1. The first kappa shape index (κ1) is 21.6. The van der Waals surface area contributed by atoms with Crippen LogP contribution in [0.1, 0.15) is 0 Å². The molecule has 7 heteroatoms. The predicted molar refractivity (Wildman–Crippen MR) is 121 cm³/mol. The summed E-state index contributed by atoms with van der Waals surface area (Å²) in [6, 6.07) is 37.3. The maximum atomic E-state index is 9.75. The second kappa shape index (κ2) is 9.24. The van der Waals surface area contributed by atoms with Crippen LogP contribution in [0, 0.1) is 0 Å². The van der Waals surface area contributed by atoms with Crippen LogP contribution in [0.15, 0.2) is 128 Å². The normalized spacial score (nSPS) is 12.9. The van der Waals surface area contributed by atoms with Crippen molar-refractivity contribution in [2.24, 2.45) is 0 Å². The molecule has 0 N–H and O–H groups in total. The van der Waals surface area contributed by atoms with Crippen molar-refractivity contribution in [2.75, 3.05) is 0 Å². The van der Waals surface area contributed by atoms with Crippen molar-refractivity contribution >= 4 is 29.9 Å². The SMILES string of the molecule is F[B-](F)(F)F.c1ccc(-c2ccc([S+]3c4ccccc4Sc4ccccc43)cc2)cc1. The fourth-order valence-corrected chi connectivity index (χ4v) is 7.05. The summed E-state index contributed by atoms with van der Waals surface area (Å²) in [7, 11) is -6.04. The van der Waals surface area contributed by atoms with Crippen molar-refractivity contribution in [3.63, 3.8) is 0 Å². The second-order valence-electron chi connectivity index (χ2n) is 6.69. The molecule has 4 aromatic rings. The molecule has 1 aliphatic heterocycles. The van der Waals surface area contributed by atoms with Crippen LogP contribution in [0.3, 0.4) is 0 Å². The molecular weight excluding hydrogens is 439 g/mol. The zero-order valence-electron chi connectivity index (χ0n) is 16.2. The summed E-state index contributed by atoms with van der Waals surface area (Å²) in [5.41, 5.74) is 2.54. The molecule has 0 atom stereocenters. The monoisotopic (exact) mass is 456 g/mol. The Balaban J connectivity index is 0.000000418. The third kappa shape index (κ3) is 5.35. The van der Waals surface area contributed by atoms with Gasteiger partial charge in [-0.2, -0.15) is 0 Å². The van der Waals surface area contributed by atoms with E-state index in [4.69, 9.17) is 0 Å². The lowest BCUT2D eigenvalue weighted by molar-refractivity contribution is 0.368. The third-order valence-electron chi connectivity index (χ3n) is 4.56. The highest BCUT2D eigenvalue weighted by Crippen LogP contribution is 2.48. The minimum Gasteiger partial charge on any atom is -0.418 e. The molecule has 0 saturated carbocycles.